The average molecular weight is 388 g/mol. The Labute approximate surface area is 170 Å². The van der Waals surface area contributed by atoms with E-state index in [1.807, 2.05) is 57.2 Å². The lowest BCUT2D eigenvalue weighted by molar-refractivity contribution is 0.101. The van der Waals surface area contributed by atoms with Crippen molar-refractivity contribution < 1.29 is 14.3 Å². The predicted octanol–water partition coefficient (Wildman–Crippen LogP) is 5.13. The maximum Gasteiger partial charge on any atom is 0.255 e. The minimum atomic E-state index is -0.268. The van der Waals surface area contributed by atoms with E-state index in [4.69, 9.17) is 4.74 Å². The number of methoxy groups -OCH3 is 1. The van der Waals surface area contributed by atoms with E-state index >= 15 is 0 Å². The zero-order chi connectivity index (χ0) is 21.0. The van der Waals surface area contributed by atoms with Gasteiger partial charge in [-0.1, -0.05) is 18.2 Å². The van der Waals surface area contributed by atoms with Crippen molar-refractivity contribution in [3.8, 4) is 5.75 Å². The number of hydrogen-bond acceptors (Lipinski definition) is 3. The fourth-order valence-corrected chi connectivity index (χ4v) is 2.95. The summed E-state index contributed by atoms with van der Waals surface area (Å²) in [7, 11) is 1.56. The van der Waals surface area contributed by atoms with Crippen LogP contribution >= 0.6 is 0 Å². The maximum atomic E-state index is 12.6. The molecule has 0 atom stereocenters. The van der Waals surface area contributed by atoms with E-state index in [1.54, 1.807) is 31.4 Å². The topological polar surface area (TPSA) is 67.4 Å². The molecule has 5 nitrogen and oxygen atoms in total. The van der Waals surface area contributed by atoms with Gasteiger partial charge in [0.2, 0.25) is 0 Å². The smallest absolute Gasteiger partial charge is 0.255 e. The van der Waals surface area contributed by atoms with Gasteiger partial charge < -0.3 is 15.4 Å². The number of rotatable bonds is 5. The maximum absolute atomic E-state index is 12.6. The summed E-state index contributed by atoms with van der Waals surface area (Å²) in [5, 5.41) is 5.78. The van der Waals surface area contributed by atoms with E-state index in [-0.39, 0.29) is 11.8 Å². The first kappa shape index (κ1) is 20.1. The third-order valence-corrected chi connectivity index (χ3v) is 4.65. The molecule has 29 heavy (non-hydrogen) atoms. The van der Waals surface area contributed by atoms with Gasteiger partial charge in [-0.3, -0.25) is 9.59 Å². The highest BCUT2D eigenvalue weighted by atomic mass is 16.5. The van der Waals surface area contributed by atoms with Crippen LogP contribution in [0.3, 0.4) is 0 Å². The van der Waals surface area contributed by atoms with Crippen LogP contribution in [0, 0.1) is 20.8 Å². The summed E-state index contributed by atoms with van der Waals surface area (Å²) in [4.78, 5) is 25.1. The molecule has 3 aromatic rings. The lowest BCUT2D eigenvalue weighted by Gasteiger charge is -2.12. The van der Waals surface area contributed by atoms with Gasteiger partial charge >= 0.3 is 0 Å². The van der Waals surface area contributed by atoms with Gasteiger partial charge in [-0.2, -0.15) is 0 Å². The lowest BCUT2D eigenvalue weighted by Crippen LogP contribution is -2.15. The molecule has 0 bridgehead atoms. The van der Waals surface area contributed by atoms with Gasteiger partial charge in [0.15, 0.2) is 0 Å². The number of nitrogens with one attached hydrogen (secondary N) is 2. The monoisotopic (exact) mass is 388 g/mol. The van der Waals surface area contributed by atoms with Gasteiger partial charge in [-0.15, -0.1) is 0 Å². The first-order valence-corrected chi connectivity index (χ1v) is 9.32. The number of amides is 2. The summed E-state index contributed by atoms with van der Waals surface area (Å²) in [5.74, 6) is 0.106. The van der Waals surface area contributed by atoms with Gasteiger partial charge in [0.25, 0.3) is 11.8 Å². The Morgan fingerprint density at radius 1 is 0.690 bits per heavy atom. The highest BCUT2D eigenvalue weighted by Gasteiger charge is 2.12. The molecule has 0 saturated heterocycles. The Balaban J connectivity index is 1.72. The number of benzene rings is 3. The second kappa shape index (κ2) is 8.61. The molecule has 2 N–H and O–H groups in total. The van der Waals surface area contributed by atoms with Crippen molar-refractivity contribution in [1.82, 2.24) is 0 Å². The van der Waals surface area contributed by atoms with Crippen LogP contribution in [0.15, 0.2) is 60.7 Å². The van der Waals surface area contributed by atoms with Crippen LogP contribution in [0.2, 0.25) is 0 Å². The van der Waals surface area contributed by atoms with Crippen LogP contribution in [0.1, 0.15) is 37.4 Å². The van der Waals surface area contributed by atoms with Crippen LogP contribution in [-0.2, 0) is 0 Å². The lowest BCUT2D eigenvalue weighted by atomic mass is 10.1. The summed E-state index contributed by atoms with van der Waals surface area (Å²) in [6.07, 6.45) is 0. The average Bonchev–Trinajstić information content (AvgIpc) is 2.71. The molecule has 0 aromatic heterocycles. The van der Waals surface area contributed by atoms with E-state index in [0.29, 0.717) is 22.6 Å². The first-order chi connectivity index (χ1) is 13.9. The molecule has 148 valence electrons. The second-order valence-electron chi connectivity index (χ2n) is 7.01. The van der Waals surface area contributed by atoms with Crippen molar-refractivity contribution in [2.24, 2.45) is 0 Å². The highest BCUT2D eigenvalue weighted by molar-refractivity contribution is 6.07. The number of hydrogen-bond donors (Lipinski definition) is 2. The largest absolute Gasteiger partial charge is 0.495 e. The zero-order valence-electron chi connectivity index (χ0n) is 17.0. The molecule has 0 unspecified atom stereocenters. The van der Waals surface area contributed by atoms with Gasteiger partial charge in [0, 0.05) is 16.8 Å². The number of anilines is 2. The molecule has 0 aliphatic rings. The number of aryl methyl sites for hydroxylation is 3. The standard InChI is InChI=1S/C24H24N2O3/c1-15-5-7-17(3)20(13-15)25-23(27)18-8-10-19(11-9-18)24(28)26-21-14-16(2)6-12-22(21)29-4/h5-14H,1-4H3,(H,25,27)(H,26,28). The molecule has 0 heterocycles. The van der Waals surface area contributed by atoms with Crippen LogP contribution in [-0.4, -0.2) is 18.9 Å². The number of carbonyl (C=O) groups excluding carboxylic acids is 2. The fourth-order valence-electron chi connectivity index (χ4n) is 2.95. The Morgan fingerprint density at radius 2 is 1.17 bits per heavy atom. The third-order valence-electron chi connectivity index (χ3n) is 4.65. The molecule has 0 saturated carbocycles. The van der Waals surface area contributed by atoms with E-state index in [2.05, 4.69) is 10.6 Å². The fraction of sp³-hybridized carbons (Fsp3) is 0.167. The molecule has 0 aliphatic carbocycles. The minimum absolute atomic E-state index is 0.217. The Bertz CT molecular complexity index is 1060. The normalized spacial score (nSPS) is 10.3. The van der Waals surface area contributed by atoms with E-state index in [9.17, 15) is 9.59 Å². The molecular formula is C24H24N2O3. The number of carbonyl (C=O) groups is 2. The van der Waals surface area contributed by atoms with E-state index in [0.717, 1.165) is 22.4 Å². The summed E-state index contributed by atoms with van der Waals surface area (Å²) >= 11 is 0. The molecule has 0 spiro atoms. The second-order valence-corrected chi connectivity index (χ2v) is 7.01. The summed E-state index contributed by atoms with van der Waals surface area (Å²) in [5.41, 5.74) is 5.40. The molecule has 2 amide bonds. The molecule has 0 fully saturated rings. The third kappa shape index (κ3) is 4.82. The van der Waals surface area contributed by atoms with Gasteiger partial charge in [-0.25, -0.2) is 0 Å². The number of ether oxygens (including phenoxy) is 1. The first-order valence-electron chi connectivity index (χ1n) is 9.32. The van der Waals surface area contributed by atoms with E-state index < -0.39 is 0 Å². The molecule has 5 heteroatoms. The Kier molecular flexibility index (Phi) is 5.98. The van der Waals surface area contributed by atoms with Crippen LogP contribution < -0.4 is 15.4 Å². The SMILES string of the molecule is COc1ccc(C)cc1NC(=O)c1ccc(C(=O)Nc2cc(C)ccc2C)cc1. The molecular weight excluding hydrogens is 364 g/mol. The van der Waals surface area contributed by atoms with Crippen LogP contribution in [0.25, 0.3) is 0 Å². The van der Waals surface area contributed by atoms with Crippen molar-refractivity contribution in [3.05, 3.63) is 88.5 Å². The predicted molar refractivity (Wildman–Crippen MR) is 116 cm³/mol. The summed E-state index contributed by atoms with van der Waals surface area (Å²) in [6.45, 7) is 5.87. The van der Waals surface area contributed by atoms with Crippen molar-refractivity contribution in [2.75, 3.05) is 17.7 Å². The van der Waals surface area contributed by atoms with Gasteiger partial charge in [-0.05, 0) is 79.9 Å². The molecule has 0 radical (unpaired) electrons. The highest BCUT2D eigenvalue weighted by Crippen LogP contribution is 2.26. The zero-order valence-corrected chi connectivity index (χ0v) is 17.0. The van der Waals surface area contributed by atoms with Gasteiger partial charge in [0.1, 0.15) is 5.75 Å². The quantitative estimate of drug-likeness (QED) is 0.637. The summed E-state index contributed by atoms with van der Waals surface area (Å²) in [6, 6.07) is 18.0. The van der Waals surface area contributed by atoms with Crippen molar-refractivity contribution >= 4 is 23.2 Å². The van der Waals surface area contributed by atoms with Crippen LogP contribution in [0.4, 0.5) is 11.4 Å². The van der Waals surface area contributed by atoms with Crippen molar-refractivity contribution in [2.45, 2.75) is 20.8 Å². The molecule has 3 rings (SSSR count). The summed E-state index contributed by atoms with van der Waals surface area (Å²) < 4.78 is 5.29. The minimum Gasteiger partial charge on any atom is -0.495 e. The molecule has 3 aromatic carbocycles. The Morgan fingerprint density at radius 3 is 1.72 bits per heavy atom. The van der Waals surface area contributed by atoms with E-state index in [1.165, 1.54) is 0 Å². The van der Waals surface area contributed by atoms with Crippen molar-refractivity contribution in [3.63, 3.8) is 0 Å². The van der Waals surface area contributed by atoms with Crippen LogP contribution in [0.5, 0.6) is 5.75 Å². The van der Waals surface area contributed by atoms with Crippen molar-refractivity contribution in [1.29, 1.82) is 0 Å². The van der Waals surface area contributed by atoms with Gasteiger partial charge in [0.05, 0.1) is 12.8 Å². The Hall–Kier alpha value is -3.60. The molecule has 0 aliphatic heterocycles.